The molecule has 2 amide bonds. The lowest BCUT2D eigenvalue weighted by atomic mass is 9.93. The lowest BCUT2D eigenvalue weighted by Gasteiger charge is -2.23. The molecular formula is C44H42ClF10N11O6S2. The molecule has 1 saturated carbocycles. The quantitative estimate of drug-likeness (QED) is 0.0401. The van der Waals surface area contributed by atoms with Gasteiger partial charge in [-0.1, -0.05) is 23.6 Å². The van der Waals surface area contributed by atoms with Gasteiger partial charge >= 0.3 is 12.4 Å². The Hall–Kier alpha value is -6.67. The van der Waals surface area contributed by atoms with Gasteiger partial charge in [-0.05, 0) is 74.4 Å². The molecule has 7 rings (SSSR count). The van der Waals surface area contributed by atoms with Crippen LogP contribution in [0.15, 0.2) is 47.5 Å². The van der Waals surface area contributed by atoms with Crippen molar-refractivity contribution in [3.8, 4) is 23.0 Å². The van der Waals surface area contributed by atoms with Crippen LogP contribution in [0.3, 0.4) is 0 Å². The number of nitrogens with two attached hydrogens (primary N) is 2. The molecule has 2 aromatic carbocycles. The summed E-state index contributed by atoms with van der Waals surface area (Å²) < 4.78 is 200. The van der Waals surface area contributed by atoms with Crippen molar-refractivity contribution in [3.63, 3.8) is 0 Å². The zero-order valence-electron chi connectivity index (χ0n) is 38.9. The molecule has 2 aliphatic rings. The molecule has 0 aliphatic heterocycles. The molecule has 3 atom stereocenters. The predicted octanol–water partition coefficient (Wildman–Crippen LogP) is 5.76. The van der Waals surface area contributed by atoms with E-state index in [1.54, 1.807) is 0 Å². The Balaban J connectivity index is 1.41. The van der Waals surface area contributed by atoms with Crippen molar-refractivity contribution < 1.29 is 70.3 Å². The van der Waals surface area contributed by atoms with Gasteiger partial charge in [-0.25, -0.2) is 30.6 Å². The van der Waals surface area contributed by atoms with Gasteiger partial charge in [-0.2, -0.15) is 45.3 Å². The van der Waals surface area contributed by atoms with Gasteiger partial charge in [0.1, 0.15) is 46.6 Å². The average molecular weight is 1110 g/mol. The van der Waals surface area contributed by atoms with Crippen molar-refractivity contribution in [2.75, 3.05) is 36.9 Å². The highest BCUT2D eigenvalue weighted by Gasteiger charge is 2.68. The van der Waals surface area contributed by atoms with E-state index in [0.717, 1.165) is 41.5 Å². The van der Waals surface area contributed by atoms with Crippen LogP contribution in [-0.4, -0.2) is 107 Å². The largest absolute Gasteiger partial charge is 0.435 e. The number of alkyl halides is 8. The first-order chi connectivity index (χ1) is 34.1. The summed E-state index contributed by atoms with van der Waals surface area (Å²) in [6.07, 6.45) is -10.4. The molecule has 0 unspecified atom stereocenters. The number of fused-ring (bicyclic) bond motifs is 4. The van der Waals surface area contributed by atoms with Gasteiger partial charge in [0.25, 0.3) is 5.92 Å². The van der Waals surface area contributed by atoms with Gasteiger partial charge in [0, 0.05) is 48.5 Å². The second-order valence-electron chi connectivity index (χ2n) is 18.0. The summed E-state index contributed by atoms with van der Waals surface area (Å²) in [4.78, 5) is 36.3. The third-order valence-electron chi connectivity index (χ3n) is 12.0. The number of guanidine groups is 1. The number of nitrogens with zero attached hydrogens (tertiary/aromatic N) is 7. The summed E-state index contributed by atoms with van der Waals surface area (Å²) in [5.41, 5.74) is 4.88. The maximum absolute atomic E-state index is 15.6. The van der Waals surface area contributed by atoms with Gasteiger partial charge in [0.05, 0.1) is 34.2 Å². The Morgan fingerprint density at radius 2 is 1.64 bits per heavy atom. The zero-order chi connectivity index (χ0) is 54.8. The monoisotopic (exact) mass is 1110 g/mol. The SMILES string of the molecule is CN(CCN=C(N)N)C(=O)CS(=O)(=O)Nc1nn(CC(F)(F)F)c2c(-c3ccc(C#CC(C)(C)S(C)(=O)=O)nc3[C@H](Cc3cc(F)cc(F)c3)NC(=O)Cn3nc(C(F)(F)F)c4c3C(F)(F)[C@@H]3C[C@H]43)ccc(Cl)c12. The van der Waals surface area contributed by atoms with Crippen LogP contribution in [0.4, 0.5) is 49.7 Å². The van der Waals surface area contributed by atoms with E-state index in [1.165, 1.54) is 27.0 Å². The molecule has 6 N–H and O–H groups in total. The molecule has 0 bridgehead atoms. The second-order valence-corrected chi connectivity index (χ2v) is 22.7. The number of pyridine rings is 1. The van der Waals surface area contributed by atoms with Gasteiger partial charge in [0.2, 0.25) is 21.8 Å². The van der Waals surface area contributed by atoms with E-state index in [1.807, 2.05) is 4.72 Å². The number of aromatic nitrogens is 5. The zero-order valence-corrected chi connectivity index (χ0v) is 41.3. The number of sulfonamides is 1. The van der Waals surface area contributed by atoms with Crippen LogP contribution in [0.25, 0.3) is 22.0 Å². The molecule has 1 fully saturated rings. The highest BCUT2D eigenvalue weighted by atomic mass is 35.5. The fourth-order valence-electron chi connectivity index (χ4n) is 8.26. The number of rotatable bonds is 16. The van der Waals surface area contributed by atoms with Crippen LogP contribution in [0.1, 0.15) is 66.1 Å². The summed E-state index contributed by atoms with van der Waals surface area (Å²) in [6.45, 7) is -1.02. The third kappa shape index (κ3) is 11.8. The summed E-state index contributed by atoms with van der Waals surface area (Å²) in [6, 6.07) is 4.90. The lowest BCUT2D eigenvalue weighted by molar-refractivity contribution is -0.142. The van der Waals surface area contributed by atoms with Crippen molar-refractivity contribution >= 4 is 66.0 Å². The van der Waals surface area contributed by atoms with E-state index >= 15 is 8.78 Å². The number of carbonyl (C=O) groups is 2. The lowest BCUT2D eigenvalue weighted by Crippen LogP contribution is -2.36. The number of hydrogen-bond donors (Lipinski definition) is 4. The molecule has 398 valence electrons. The third-order valence-corrected chi connectivity index (χ3v) is 15.4. The minimum atomic E-state index is -5.22. The van der Waals surface area contributed by atoms with Gasteiger partial charge in [0.15, 0.2) is 27.3 Å². The topological polar surface area (TPSA) is 243 Å². The van der Waals surface area contributed by atoms with E-state index in [0.29, 0.717) is 10.7 Å². The number of carbonyl (C=O) groups excluding carboxylic acids is 2. The molecule has 74 heavy (non-hydrogen) atoms. The molecule has 3 aromatic heterocycles. The normalized spacial score (nSPS) is 16.7. The minimum Gasteiger partial charge on any atom is -0.370 e. The molecule has 17 nitrogen and oxygen atoms in total. The molecule has 0 saturated heterocycles. The Morgan fingerprint density at radius 1 is 0.986 bits per heavy atom. The number of sulfone groups is 1. The van der Waals surface area contributed by atoms with Crippen molar-refractivity contribution in [1.29, 1.82) is 0 Å². The first kappa shape index (κ1) is 55.1. The van der Waals surface area contributed by atoms with Crippen LogP contribution >= 0.6 is 11.6 Å². The van der Waals surface area contributed by atoms with E-state index in [-0.39, 0.29) is 52.5 Å². The Kier molecular flexibility index (Phi) is 14.6. The number of anilines is 1. The van der Waals surface area contributed by atoms with Crippen LogP contribution < -0.4 is 21.5 Å². The molecule has 2 aliphatic carbocycles. The smallest absolute Gasteiger partial charge is 0.370 e. The summed E-state index contributed by atoms with van der Waals surface area (Å²) >= 11 is 6.59. The van der Waals surface area contributed by atoms with Gasteiger partial charge in [-0.3, -0.25) is 28.7 Å². The maximum Gasteiger partial charge on any atom is 0.435 e. The number of amides is 2. The average Bonchev–Trinajstić information content (AvgIpc) is 3.78. The van der Waals surface area contributed by atoms with E-state index in [4.69, 9.17) is 23.1 Å². The van der Waals surface area contributed by atoms with Gasteiger partial charge < -0.3 is 21.7 Å². The van der Waals surface area contributed by atoms with Crippen LogP contribution in [0.5, 0.6) is 0 Å². The molecule has 0 spiro atoms. The number of likely N-dealkylation sites (N-methyl/N-ethyl adjacent to an activating group) is 1. The number of hydrogen-bond acceptors (Lipinski definition) is 10. The highest BCUT2D eigenvalue weighted by molar-refractivity contribution is 7.93. The summed E-state index contributed by atoms with van der Waals surface area (Å²) in [5, 5.41) is 8.80. The minimum absolute atomic E-state index is 0.121. The first-order valence-electron chi connectivity index (χ1n) is 21.7. The Morgan fingerprint density at radius 3 is 2.24 bits per heavy atom. The fourth-order valence-corrected chi connectivity index (χ4v) is 9.79. The predicted molar refractivity (Wildman–Crippen MR) is 248 cm³/mol. The Bertz CT molecular complexity index is 3400. The maximum atomic E-state index is 15.6. The van der Waals surface area contributed by atoms with Crippen molar-refractivity contribution in [2.24, 2.45) is 22.4 Å². The molecule has 30 heteroatoms. The van der Waals surface area contributed by atoms with Crippen molar-refractivity contribution in [2.45, 2.75) is 74.8 Å². The molecular weight excluding hydrogens is 1070 g/mol. The van der Waals surface area contributed by atoms with Crippen LogP contribution in [0.2, 0.25) is 5.02 Å². The first-order valence-corrected chi connectivity index (χ1v) is 25.6. The number of aliphatic imine (C=N–C) groups is 1. The molecule has 3 heterocycles. The van der Waals surface area contributed by atoms with Crippen LogP contribution in [-0.2, 0) is 61.1 Å². The Labute approximate surface area is 419 Å². The number of halogens is 11. The van der Waals surface area contributed by atoms with E-state index < -0.39 is 154 Å². The van der Waals surface area contributed by atoms with E-state index in [2.05, 4.69) is 37.3 Å². The fraction of sp³-hybridized carbons (Fsp3) is 0.409. The number of benzene rings is 2. The van der Waals surface area contributed by atoms with Gasteiger partial charge in [-0.15, -0.1) is 0 Å². The van der Waals surface area contributed by atoms with Crippen molar-refractivity contribution in [3.05, 3.63) is 93.0 Å². The van der Waals surface area contributed by atoms with Crippen molar-refractivity contribution in [1.82, 2.24) is 34.8 Å². The summed E-state index contributed by atoms with van der Waals surface area (Å²) in [7, 11) is -7.51. The van der Waals surface area contributed by atoms with E-state index in [9.17, 15) is 61.5 Å². The number of nitrogens with one attached hydrogen (secondary N) is 2. The molecule has 5 aromatic rings. The highest BCUT2D eigenvalue weighted by Crippen LogP contribution is 2.68. The molecule has 0 radical (unpaired) electrons. The summed E-state index contributed by atoms with van der Waals surface area (Å²) in [5.74, 6) is -8.44. The standard InChI is InChI=1S/C44H42ClF10N11O6S2/c1-41(2,73(4,69)70)10-9-24-5-6-25(26-7-8-29(45)34-36(26)66(20-42(48,49)50)62-39(34)63-74(71,72)19-32(68)64(3)12-11-58-40(56)57)35(59-24)30(15-21-13-22(46)16-23(47)14-21)60-31(67)18-65-38-33(37(61-65)44(53,54)55)27-17-28(27)43(38,51)52/h5-8,13-14,16,27-28,30H,11-12,15,17-20H2,1-4H3,(H,60,67)(H,62,63)(H4,56,57,58)/t27-,28+,30-/m0/s1. The second kappa shape index (κ2) is 19.6. The van der Waals surface area contributed by atoms with Crippen LogP contribution in [0, 0.1) is 29.4 Å².